The number of hydrogen-bond acceptors (Lipinski definition) is 9. The molecule has 0 radical (unpaired) electrons. The molecular formula is C23H33N6O4PS. The van der Waals surface area contributed by atoms with E-state index in [2.05, 4.69) is 20.0 Å². The van der Waals surface area contributed by atoms with Crippen LogP contribution in [0.1, 0.15) is 32.8 Å². The molecule has 1 atom stereocenters. The van der Waals surface area contributed by atoms with Gasteiger partial charge in [0.25, 0.3) is 7.52 Å². The minimum absolute atomic E-state index is 0.101. The lowest BCUT2D eigenvalue weighted by Crippen LogP contribution is -2.21. The van der Waals surface area contributed by atoms with Crippen LogP contribution in [0.5, 0.6) is 0 Å². The number of nitrogen functional groups attached to an aromatic ring is 1. The highest BCUT2D eigenvalue weighted by Gasteiger charge is 2.27. The van der Waals surface area contributed by atoms with Crippen molar-refractivity contribution in [2.45, 2.75) is 40.3 Å². The zero-order valence-corrected chi connectivity index (χ0v) is 22.1. The van der Waals surface area contributed by atoms with E-state index in [0.29, 0.717) is 35.8 Å². The van der Waals surface area contributed by atoms with Crippen molar-refractivity contribution in [1.29, 1.82) is 0 Å². The smallest absolute Gasteiger partial charge is 0.295 e. The third-order valence-corrected chi connectivity index (χ3v) is 8.53. The van der Waals surface area contributed by atoms with Gasteiger partial charge in [-0.1, -0.05) is 62.9 Å². The molecule has 2 aromatic heterocycles. The molecule has 3 aromatic rings. The van der Waals surface area contributed by atoms with Crippen molar-refractivity contribution in [3.8, 4) is 0 Å². The molecule has 35 heavy (non-hydrogen) atoms. The first-order valence-corrected chi connectivity index (χ1v) is 14.2. The van der Waals surface area contributed by atoms with Crippen molar-refractivity contribution in [3.63, 3.8) is 0 Å². The van der Waals surface area contributed by atoms with Crippen molar-refractivity contribution in [1.82, 2.24) is 24.6 Å². The predicted octanol–water partition coefficient (Wildman–Crippen LogP) is 4.08. The number of nitrogens with zero attached hydrogens (tertiary/aromatic N) is 4. The Labute approximate surface area is 209 Å². The monoisotopic (exact) mass is 520 g/mol. The van der Waals surface area contributed by atoms with Crippen LogP contribution in [0.25, 0.3) is 11.2 Å². The van der Waals surface area contributed by atoms with Gasteiger partial charge in [0.2, 0.25) is 0 Å². The molecule has 1 unspecified atom stereocenters. The molecule has 3 rings (SSSR count). The zero-order chi connectivity index (χ0) is 25.3. The topological polar surface area (TPSA) is 134 Å². The van der Waals surface area contributed by atoms with Crippen LogP contribution in [-0.2, 0) is 31.7 Å². The maximum Gasteiger partial charge on any atom is 0.295 e. The van der Waals surface area contributed by atoms with E-state index in [1.807, 2.05) is 51.1 Å². The second-order valence-corrected chi connectivity index (χ2v) is 11.9. The number of rotatable bonds is 14. The fourth-order valence-electron chi connectivity index (χ4n) is 3.00. The largest absolute Gasteiger partial charge is 0.382 e. The minimum atomic E-state index is -3.32. The van der Waals surface area contributed by atoms with Crippen LogP contribution in [0.4, 0.5) is 5.82 Å². The number of nitrogens with two attached hydrogens (primary N) is 1. The van der Waals surface area contributed by atoms with Crippen LogP contribution in [-0.4, -0.2) is 49.9 Å². The van der Waals surface area contributed by atoms with E-state index in [1.54, 1.807) is 10.9 Å². The first-order chi connectivity index (χ1) is 16.7. The molecule has 0 bridgehead atoms. The Morgan fingerprint density at radius 2 is 1.97 bits per heavy atom. The highest BCUT2D eigenvalue weighted by molar-refractivity contribution is 8.13. The van der Waals surface area contributed by atoms with Crippen molar-refractivity contribution >= 4 is 41.4 Å². The number of imidazole rings is 1. The Bertz CT molecular complexity index is 1160. The number of aromatic nitrogens is 4. The summed E-state index contributed by atoms with van der Waals surface area (Å²) in [5.74, 6) is 0.734. The minimum Gasteiger partial charge on any atom is -0.382 e. The fraction of sp³-hybridized carbons (Fsp3) is 0.478. The number of hydrogen-bond donors (Lipinski definition) is 2. The highest BCUT2D eigenvalue weighted by Crippen LogP contribution is 2.43. The van der Waals surface area contributed by atoms with Gasteiger partial charge in [0.1, 0.15) is 18.2 Å². The lowest BCUT2D eigenvalue weighted by molar-refractivity contribution is -0.118. The Balaban J connectivity index is 1.54. The molecule has 0 spiro atoms. The standard InChI is InChI=1S/C23H33N6O4PS/c1-4-23(2,3)22(30)35-13-12-33-34(31,28-14-18-8-6-5-7-9-18)17-32-11-10-29-16-27-19-20(24)25-15-26-21(19)29/h5-9,15-16H,4,10-14,17H2,1-3H3,(H,28,31)(H2,24,25,26). The summed E-state index contributed by atoms with van der Waals surface area (Å²) in [6.45, 7) is 7.10. The first-order valence-electron chi connectivity index (χ1n) is 11.4. The quantitative estimate of drug-likeness (QED) is 0.236. The SMILES string of the molecule is CCC(C)(C)C(=O)SCCOP(=O)(COCCn1cnc2c(N)ncnc21)NCc1ccccc1. The lowest BCUT2D eigenvalue weighted by Gasteiger charge is -2.22. The van der Waals surface area contributed by atoms with Gasteiger partial charge >= 0.3 is 0 Å². The number of thioether (sulfide) groups is 1. The number of benzene rings is 1. The Morgan fingerprint density at radius 3 is 2.71 bits per heavy atom. The van der Waals surface area contributed by atoms with Crippen LogP contribution >= 0.6 is 19.3 Å². The van der Waals surface area contributed by atoms with Gasteiger partial charge < -0.3 is 19.6 Å². The summed E-state index contributed by atoms with van der Waals surface area (Å²) < 4.78 is 26.8. The second-order valence-electron chi connectivity index (χ2n) is 8.61. The van der Waals surface area contributed by atoms with Gasteiger partial charge in [-0.2, -0.15) is 0 Å². The molecule has 0 fully saturated rings. The van der Waals surface area contributed by atoms with E-state index < -0.39 is 12.9 Å². The molecule has 0 saturated heterocycles. The van der Waals surface area contributed by atoms with Gasteiger partial charge in [-0.3, -0.25) is 9.36 Å². The van der Waals surface area contributed by atoms with Gasteiger partial charge in [0, 0.05) is 24.3 Å². The van der Waals surface area contributed by atoms with Crippen LogP contribution in [0.15, 0.2) is 43.0 Å². The number of fused-ring (bicyclic) bond motifs is 1. The highest BCUT2D eigenvalue weighted by atomic mass is 32.2. The van der Waals surface area contributed by atoms with Crippen molar-refractivity contribution in [2.24, 2.45) is 5.41 Å². The van der Waals surface area contributed by atoms with Crippen LogP contribution < -0.4 is 10.8 Å². The number of ether oxygens (including phenoxy) is 1. The van der Waals surface area contributed by atoms with E-state index in [1.165, 1.54) is 18.1 Å². The maximum atomic E-state index is 13.5. The molecule has 1 aromatic carbocycles. The van der Waals surface area contributed by atoms with Crippen LogP contribution in [0.2, 0.25) is 0 Å². The van der Waals surface area contributed by atoms with Gasteiger partial charge in [-0.25, -0.2) is 20.0 Å². The first kappa shape index (κ1) is 27.3. The average Bonchev–Trinajstić information content (AvgIpc) is 3.28. The van der Waals surface area contributed by atoms with E-state index >= 15 is 0 Å². The van der Waals surface area contributed by atoms with Crippen LogP contribution in [0.3, 0.4) is 0 Å². The Kier molecular flexibility index (Phi) is 9.82. The number of carbonyl (C=O) groups is 1. The molecule has 190 valence electrons. The second kappa shape index (κ2) is 12.6. The molecule has 3 N–H and O–H groups in total. The maximum absolute atomic E-state index is 13.5. The summed E-state index contributed by atoms with van der Waals surface area (Å²) in [6, 6.07) is 9.65. The van der Waals surface area contributed by atoms with Gasteiger partial charge in [-0.05, 0) is 12.0 Å². The van der Waals surface area contributed by atoms with Crippen molar-refractivity contribution in [3.05, 3.63) is 48.5 Å². The van der Waals surface area contributed by atoms with E-state index in [4.69, 9.17) is 15.0 Å². The molecule has 0 amide bonds. The summed E-state index contributed by atoms with van der Waals surface area (Å²) in [4.78, 5) is 24.7. The third kappa shape index (κ3) is 7.85. The molecule has 0 aliphatic carbocycles. The lowest BCUT2D eigenvalue weighted by atomic mass is 9.92. The third-order valence-electron chi connectivity index (χ3n) is 5.59. The number of anilines is 1. The average molecular weight is 521 g/mol. The van der Waals surface area contributed by atoms with Crippen molar-refractivity contribution < 1.29 is 18.6 Å². The van der Waals surface area contributed by atoms with E-state index in [9.17, 15) is 9.36 Å². The molecule has 10 nitrogen and oxygen atoms in total. The Morgan fingerprint density at radius 1 is 1.20 bits per heavy atom. The normalized spacial score (nSPS) is 13.7. The molecule has 12 heteroatoms. The summed E-state index contributed by atoms with van der Waals surface area (Å²) in [6.07, 6.45) is 3.66. The summed E-state index contributed by atoms with van der Waals surface area (Å²) in [5, 5.41) is 3.13. The van der Waals surface area contributed by atoms with Gasteiger partial charge in [-0.15, -0.1) is 0 Å². The van der Waals surface area contributed by atoms with E-state index in [0.717, 1.165) is 12.0 Å². The summed E-state index contributed by atoms with van der Waals surface area (Å²) in [7, 11) is -3.32. The Hall–Kier alpha value is -2.30. The zero-order valence-electron chi connectivity index (χ0n) is 20.3. The summed E-state index contributed by atoms with van der Waals surface area (Å²) >= 11 is 1.21. The number of nitrogens with one attached hydrogen (secondary N) is 1. The van der Waals surface area contributed by atoms with Gasteiger partial charge in [0.05, 0.1) is 19.5 Å². The van der Waals surface area contributed by atoms with Gasteiger partial charge in [0.15, 0.2) is 16.6 Å². The molecular weight excluding hydrogens is 487 g/mol. The van der Waals surface area contributed by atoms with Crippen molar-refractivity contribution in [2.75, 3.05) is 31.0 Å². The number of carbonyl (C=O) groups excluding carboxylic acids is 1. The molecule has 0 aliphatic rings. The van der Waals surface area contributed by atoms with E-state index in [-0.39, 0.29) is 24.7 Å². The van der Waals surface area contributed by atoms with Crippen LogP contribution in [0, 0.1) is 5.41 Å². The fourth-order valence-corrected chi connectivity index (χ4v) is 5.45. The predicted molar refractivity (Wildman–Crippen MR) is 139 cm³/mol. The molecule has 0 aliphatic heterocycles. The molecule has 2 heterocycles. The summed E-state index contributed by atoms with van der Waals surface area (Å²) in [5.41, 5.74) is 7.56. The molecule has 0 saturated carbocycles.